The number of Topliss-reactive ketones (excluding diaryl/α,β-unsaturated/α-hetero) is 1. The molecule has 0 bridgehead atoms. The van der Waals surface area contributed by atoms with Gasteiger partial charge >= 0.3 is 5.97 Å². The highest BCUT2D eigenvalue weighted by atomic mass is 32.1. The number of hydrogen-bond acceptors (Lipinski definition) is 5. The first kappa shape index (κ1) is 16.0. The second-order valence-electron chi connectivity index (χ2n) is 5.01. The topological polar surface area (TPSA) is 72.8 Å². The van der Waals surface area contributed by atoms with Crippen molar-refractivity contribution in [1.29, 1.82) is 0 Å². The summed E-state index contributed by atoms with van der Waals surface area (Å²) in [5, 5.41) is 10.0. The third kappa shape index (κ3) is 3.09. The fraction of sp³-hybridized carbons (Fsp3) is 0.111. The third-order valence-corrected chi connectivity index (χ3v) is 4.62. The van der Waals surface area contributed by atoms with Gasteiger partial charge in [0.25, 0.3) is 0 Å². The molecule has 0 aliphatic rings. The highest BCUT2D eigenvalue weighted by Gasteiger charge is 2.20. The van der Waals surface area contributed by atoms with Crippen molar-refractivity contribution in [2.45, 2.75) is 0 Å². The zero-order chi connectivity index (χ0) is 17.1. The first-order valence-corrected chi connectivity index (χ1v) is 7.96. The summed E-state index contributed by atoms with van der Waals surface area (Å²) >= 11 is 1.13. The van der Waals surface area contributed by atoms with E-state index in [0.717, 1.165) is 16.0 Å². The highest BCUT2D eigenvalue weighted by molar-refractivity contribution is 7.21. The number of ether oxygens (including phenoxy) is 2. The number of ketones is 1. The van der Waals surface area contributed by atoms with E-state index in [-0.39, 0.29) is 23.0 Å². The second kappa shape index (κ2) is 6.72. The third-order valence-electron chi connectivity index (χ3n) is 3.48. The Bertz CT molecular complexity index is 913. The van der Waals surface area contributed by atoms with Crippen molar-refractivity contribution in [3.8, 4) is 11.5 Å². The van der Waals surface area contributed by atoms with Crippen molar-refractivity contribution in [2.24, 2.45) is 0 Å². The summed E-state index contributed by atoms with van der Waals surface area (Å²) in [4.78, 5) is 23.8. The molecule has 1 aromatic heterocycles. The van der Waals surface area contributed by atoms with Crippen LogP contribution in [0.4, 0.5) is 0 Å². The van der Waals surface area contributed by atoms with E-state index in [1.807, 2.05) is 12.1 Å². The summed E-state index contributed by atoms with van der Waals surface area (Å²) in [6, 6.07) is 14.0. The Balaban J connectivity index is 1.86. The van der Waals surface area contributed by atoms with Gasteiger partial charge in [-0.2, -0.15) is 0 Å². The van der Waals surface area contributed by atoms with E-state index in [4.69, 9.17) is 9.47 Å². The molecule has 24 heavy (non-hydrogen) atoms. The molecule has 0 fully saturated rings. The molecule has 0 saturated heterocycles. The van der Waals surface area contributed by atoms with Gasteiger partial charge in [-0.1, -0.05) is 24.3 Å². The van der Waals surface area contributed by atoms with Gasteiger partial charge in [0.15, 0.2) is 23.0 Å². The summed E-state index contributed by atoms with van der Waals surface area (Å²) < 4.78 is 11.5. The first-order valence-electron chi connectivity index (χ1n) is 7.15. The maximum Gasteiger partial charge on any atom is 0.349 e. The van der Waals surface area contributed by atoms with Crippen molar-refractivity contribution in [1.82, 2.24) is 0 Å². The lowest BCUT2D eigenvalue weighted by molar-refractivity contribution is 0.0695. The van der Waals surface area contributed by atoms with Crippen LogP contribution in [0.1, 0.15) is 20.0 Å². The van der Waals surface area contributed by atoms with Crippen LogP contribution >= 0.6 is 11.3 Å². The van der Waals surface area contributed by atoms with Crippen molar-refractivity contribution < 1.29 is 24.2 Å². The highest BCUT2D eigenvalue weighted by Crippen LogP contribution is 2.37. The molecule has 1 heterocycles. The molecule has 0 aliphatic heterocycles. The lowest BCUT2D eigenvalue weighted by atomic mass is 10.1. The number of hydrogen-bond donors (Lipinski definition) is 1. The maximum absolute atomic E-state index is 12.3. The van der Waals surface area contributed by atoms with Crippen molar-refractivity contribution in [2.75, 3.05) is 13.7 Å². The molecule has 0 spiro atoms. The number of carboxylic acids is 1. The van der Waals surface area contributed by atoms with E-state index in [1.54, 1.807) is 36.4 Å². The van der Waals surface area contributed by atoms with E-state index in [1.165, 1.54) is 7.11 Å². The lowest BCUT2D eigenvalue weighted by Gasteiger charge is -2.07. The zero-order valence-corrected chi connectivity index (χ0v) is 13.6. The minimum absolute atomic E-state index is 0.0923. The van der Waals surface area contributed by atoms with Crippen LogP contribution in [0.15, 0.2) is 48.5 Å². The number of carbonyl (C=O) groups excluding carboxylic acids is 1. The number of carboxylic acid groups (broad SMARTS) is 1. The van der Waals surface area contributed by atoms with Gasteiger partial charge in [-0.25, -0.2) is 4.79 Å². The van der Waals surface area contributed by atoms with Crippen molar-refractivity contribution in [3.05, 3.63) is 59.0 Å². The second-order valence-corrected chi connectivity index (χ2v) is 6.06. The number of rotatable bonds is 6. The van der Waals surface area contributed by atoms with Crippen LogP contribution in [-0.2, 0) is 0 Å². The molecule has 1 N–H and O–H groups in total. The monoisotopic (exact) mass is 342 g/mol. The normalized spacial score (nSPS) is 10.5. The summed E-state index contributed by atoms with van der Waals surface area (Å²) in [6.07, 6.45) is 0. The Labute approximate surface area is 142 Å². The van der Waals surface area contributed by atoms with Crippen LogP contribution < -0.4 is 9.47 Å². The summed E-state index contributed by atoms with van der Waals surface area (Å²) in [7, 11) is 1.52. The van der Waals surface area contributed by atoms with Gasteiger partial charge in [-0.3, -0.25) is 4.79 Å². The van der Waals surface area contributed by atoms with Gasteiger partial charge in [0.1, 0.15) is 5.75 Å². The quantitative estimate of drug-likeness (QED) is 0.689. The maximum atomic E-state index is 12.3. The van der Waals surface area contributed by atoms with E-state index in [0.29, 0.717) is 16.7 Å². The molecular weight excluding hydrogens is 328 g/mol. The number of carbonyl (C=O) groups is 2. The summed E-state index contributed by atoms with van der Waals surface area (Å²) in [6.45, 7) is -0.242. The van der Waals surface area contributed by atoms with Crippen LogP contribution in [0.3, 0.4) is 0 Å². The van der Waals surface area contributed by atoms with Gasteiger partial charge in [0, 0.05) is 15.6 Å². The molecule has 0 aliphatic carbocycles. The van der Waals surface area contributed by atoms with Gasteiger partial charge < -0.3 is 14.6 Å². The number of thiophene rings is 1. The summed E-state index contributed by atoms with van der Waals surface area (Å²) in [5.74, 6) is -0.507. The molecule has 5 nitrogen and oxygen atoms in total. The largest absolute Gasteiger partial charge is 0.497 e. The van der Waals surface area contributed by atoms with Crippen molar-refractivity contribution in [3.63, 3.8) is 0 Å². The minimum Gasteiger partial charge on any atom is -0.497 e. The van der Waals surface area contributed by atoms with Crippen LogP contribution in [-0.4, -0.2) is 30.6 Å². The van der Waals surface area contributed by atoms with Crippen LogP contribution in [0.5, 0.6) is 11.5 Å². The molecule has 3 rings (SSSR count). The van der Waals surface area contributed by atoms with Gasteiger partial charge in [0.05, 0.1) is 7.11 Å². The molecule has 0 saturated carbocycles. The molecule has 6 heteroatoms. The molecule has 2 aromatic carbocycles. The molecular formula is C18H14O5S. The van der Waals surface area contributed by atoms with Crippen LogP contribution in [0, 0.1) is 0 Å². The molecule has 0 radical (unpaired) electrons. The number of methoxy groups -OCH3 is 1. The smallest absolute Gasteiger partial charge is 0.349 e. The average Bonchev–Trinajstić information content (AvgIpc) is 2.98. The fourth-order valence-corrected chi connectivity index (χ4v) is 3.31. The predicted molar refractivity (Wildman–Crippen MR) is 91.6 cm³/mol. The minimum atomic E-state index is -1.07. The zero-order valence-electron chi connectivity index (χ0n) is 12.8. The molecule has 0 atom stereocenters. The molecule has 3 aromatic rings. The van der Waals surface area contributed by atoms with Crippen LogP contribution in [0.2, 0.25) is 0 Å². The Kier molecular flexibility index (Phi) is 4.48. The SMILES string of the molecule is COc1cccc(C(=O)COc2c(C(=O)O)sc3ccccc23)c1. The Hall–Kier alpha value is -2.86. The van der Waals surface area contributed by atoms with E-state index < -0.39 is 5.97 Å². The van der Waals surface area contributed by atoms with Crippen LogP contribution in [0.25, 0.3) is 10.1 Å². The lowest BCUT2D eigenvalue weighted by Crippen LogP contribution is -2.12. The van der Waals surface area contributed by atoms with Gasteiger partial charge in [0.2, 0.25) is 0 Å². The van der Waals surface area contributed by atoms with E-state index in [9.17, 15) is 14.7 Å². The molecule has 122 valence electrons. The first-order chi connectivity index (χ1) is 11.6. The number of fused-ring (bicyclic) bond motifs is 1. The molecule has 0 amide bonds. The van der Waals surface area contributed by atoms with Gasteiger partial charge in [-0.15, -0.1) is 11.3 Å². The molecule has 0 unspecified atom stereocenters. The standard InChI is InChI=1S/C18H14O5S/c1-22-12-6-4-5-11(9-12)14(19)10-23-16-13-7-2-3-8-15(13)24-17(16)18(20)21/h2-9H,10H2,1H3,(H,20,21). The fourth-order valence-electron chi connectivity index (χ4n) is 2.32. The Morgan fingerprint density at radius 1 is 1.12 bits per heavy atom. The van der Waals surface area contributed by atoms with E-state index in [2.05, 4.69) is 0 Å². The summed E-state index contributed by atoms with van der Waals surface area (Å²) in [5.41, 5.74) is 0.450. The number of benzene rings is 2. The predicted octanol–water partition coefficient (Wildman–Crippen LogP) is 3.87. The number of aromatic carboxylic acids is 1. The average molecular weight is 342 g/mol. The Morgan fingerprint density at radius 2 is 1.92 bits per heavy atom. The van der Waals surface area contributed by atoms with Crippen molar-refractivity contribution >= 4 is 33.2 Å². The Morgan fingerprint density at radius 3 is 2.67 bits per heavy atom. The van der Waals surface area contributed by atoms with E-state index >= 15 is 0 Å². The van der Waals surface area contributed by atoms with Gasteiger partial charge in [-0.05, 0) is 24.3 Å².